The molecular weight excluding hydrogens is 206 g/mol. The highest BCUT2D eigenvalue weighted by atomic mass is 16.5. The predicted octanol–water partition coefficient (Wildman–Crippen LogP) is 2.00. The number of aromatic nitrogens is 2. The summed E-state index contributed by atoms with van der Waals surface area (Å²) in [6.07, 6.45) is 3.24. The van der Waals surface area contributed by atoms with Crippen molar-refractivity contribution in [1.82, 2.24) is 10.1 Å². The summed E-state index contributed by atoms with van der Waals surface area (Å²) in [5.74, 6) is 0.721. The largest absolute Gasteiger partial charge is 0.378 e. The van der Waals surface area contributed by atoms with Crippen LogP contribution in [0, 0.1) is 0 Å². The quantitative estimate of drug-likeness (QED) is 0.852. The van der Waals surface area contributed by atoms with Gasteiger partial charge >= 0.3 is 6.01 Å². The van der Waals surface area contributed by atoms with Crippen LogP contribution in [0.1, 0.15) is 39.4 Å². The third-order valence-electron chi connectivity index (χ3n) is 2.38. The molecule has 0 saturated carbocycles. The third-order valence-corrected chi connectivity index (χ3v) is 2.38. The van der Waals surface area contributed by atoms with E-state index in [1.807, 2.05) is 0 Å². The van der Waals surface area contributed by atoms with Crippen molar-refractivity contribution >= 4 is 6.01 Å². The second-order valence-electron chi connectivity index (χ2n) is 5.23. The van der Waals surface area contributed by atoms with Gasteiger partial charge < -0.3 is 14.6 Å². The van der Waals surface area contributed by atoms with Crippen LogP contribution in [-0.4, -0.2) is 28.4 Å². The van der Waals surface area contributed by atoms with Gasteiger partial charge in [0.2, 0.25) is 0 Å². The summed E-state index contributed by atoms with van der Waals surface area (Å²) in [6, 6.07) is 0.487. The maximum absolute atomic E-state index is 5.52. The Morgan fingerprint density at radius 2 is 2.25 bits per heavy atom. The molecule has 0 amide bonds. The van der Waals surface area contributed by atoms with Crippen LogP contribution in [0.3, 0.4) is 0 Å². The molecule has 16 heavy (non-hydrogen) atoms. The fourth-order valence-electron chi connectivity index (χ4n) is 1.72. The molecule has 0 spiro atoms. The summed E-state index contributed by atoms with van der Waals surface area (Å²) in [6.45, 7) is 7.01. The van der Waals surface area contributed by atoms with Crippen LogP contribution in [0.2, 0.25) is 0 Å². The lowest BCUT2D eigenvalue weighted by Gasteiger charge is -2.17. The number of hydrogen-bond donors (Lipinski definition) is 1. The van der Waals surface area contributed by atoms with E-state index in [0.717, 1.165) is 31.7 Å². The molecule has 2 heterocycles. The zero-order valence-electron chi connectivity index (χ0n) is 10.1. The second-order valence-corrected chi connectivity index (χ2v) is 5.23. The molecule has 0 aliphatic carbocycles. The smallest absolute Gasteiger partial charge is 0.321 e. The lowest BCUT2D eigenvalue weighted by atomic mass is 10.1. The SMILES string of the molecule is CC(C)(C)Nc1nc(CC2CCCO2)no1. The van der Waals surface area contributed by atoms with E-state index in [1.165, 1.54) is 0 Å². The van der Waals surface area contributed by atoms with Gasteiger partial charge in [-0.15, -0.1) is 0 Å². The number of nitrogens with zero attached hydrogens (tertiary/aromatic N) is 2. The minimum Gasteiger partial charge on any atom is -0.378 e. The van der Waals surface area contributed by atoms with Crippen molar-refractivity contribution in [2.75, 3.05) is 11.9 Å². The van der Waals surface area contributed by atoms with Gasteiger partial charge in [-0.25, -0.2) is 0 Å². The molecule has 1 atom stereocenters. The van der Waals surface area contributed by atoms with E-state index in [2.05, 4.69) is 36.2 Å². The zero-order valence-corrected chi connectivity index (χ0v) is 10.1. The molecule has 1 aromatic rings. The van der Waals surface area contributed by atoms with Crippen molar-refractivity contribution in [3.63, 3.8) is 0 Å². The Morgan fingerprint density at radius 3 is 2.88 bits per heavy atom. The highest BCUT2D eigenvalue weighted by Gasteiger charge is 2.20. The molecule has 2 rings (SSSR count). The van der Waals surface area contributed by atoms with Crippen LogP contribution in [0.4, 0.5) is 6.01 Å². The van der Waals surface area contributed by atoms with Crippen LogP contribution in [0.15, 0.2) is 4.52 Å². The van der Waals surface area contributed by atoms with Crippen molar-refractivity contribution in [3.05, 3.63) is 5.82 Å². The Kier molecular flexibility index (Phi) is 3.14. The molecule has 90 valence electrons. The topological polar surface area (TPSA) is 60.2 Å². The molecule has 1 aliphatic heterocycles. The van der Waals surface area contributed by atoms with Gasteiger partial charge in [0, 0.05) is 18.6 Å². The molecule has 1 unspecified atom stereocenters. The number of hydrogen-bond acceptors (Lipinski definition) is 5. The molecule has 1 N–H and O–H groups in total. The van der Waals surface area contributed by atoms with Crippen LogP contribution < -0.4 is 5.32 Å². The monoisotopic (exact) mass is 225 g/mol. The van der Waals surface area contributed by atoms with Crippen LogP contribution in [-0.2, 0) is 11.2 Å². The molecule has 1 saturated heterocycles. The van der Waals surface area contributed by atoms with Gasteiger partial charge in [-0.2, -0.15) is 4.98 Å². The molecule has 0 aromatic carbocycles. The van der Waals surface area contributed by atoms with E-state index in [0.29, 0.717) is 6.01 Å². The van der Waals surface area contributed by atoms with E-state index in [9.17, 15) is 0 Å². The third kappa shape index (κ3) is 3.20. The lowest BCUT2D eigenvalue weighted by Crippen LogP contribution is -2.26. The van der Waals surface area contributed by atoms with Crippen LogP contribution in [0.25, 0.3) is 0 Å². The Hall–Kier alpha value is -1.10. The highest BCUT2D eigenvalue weighted by molar-refractivity contribution is 5.22. The first-order chi connectivity index (χ1) is 7.53. The van der Waals surface area contributed by atoms with Gasteiger partial charge in [-0.1, -0.05) is 5.16 Å². The first-order valence-electron chi connectivity index (χ1n) is 5.75. The summed E-state index contributed by atoms with van der Waals surface area (Å²) in [7, 11) is 0. The maximum Gasteiger partial charge on any atom is 0.321 e. The molecule has 1 fully saturated rings. The molecule has 0 bridgehead atoms. The lowest BCUT2D eigenvalue weighted by molar-refractivity contribution is 0.109. The van der Waals surface area contributed by atoms with Crippen molar-refractivity contribution < 1.29 is 9.26 Å². The van der Waals surface area contributed by atoms with Gasteiger partial charge in [-0.3, -0.25) is 0 Å². The number of anilines is 1. The van der Waals surface area contributed by atoms with Crippen LogP contribution in [0.5, 0.6) is 0 Å². The van der Waals surface area contributed by atoms with Crippen molar-refractivity contribution in [2.24, 2.45) is 0 Å². The van der Waals surface area contributed by atoms with E-state index in [1.54, 1.807) is 0 Å². The van der Waals surface area contributed by atoms with Gasteiger partial charge in [0.25, 0.3) is 0 Å². The normalized spacial score (nSPS) is 21.3. The van der Waals surface area contributed by atoms with E-state index >= 15 is 0 Å². The summed E-state index contributed by atoms with van der Waals surface area (Å²) >= 11 is 0. The summed E-state index contributed by atoms with van der Waals surface area (Å²) in [4.78, 5) is 4.29. The first kappa shape index (κ1) is 11.4. The number of rotatable bonds is 3. The van der Waals surface area contributed by atoms with Gasteiger partial charge in [0.15, 0.2) is 5.82 Å². The average Bonchev–Trinajstić information content (AvgIpc) is 2.75. The summed E-state index contributed by atoms with van der Waals surface area (Å²) in [5.41, 5.74) is -0.0618. The fourth-order valence-corrected chi connectivity index (χ4v) is 1.72. The fraction of sp³-hybridized carbons (Fsp3) is 0.818. The summed E-state index contributed by atoms with van der Waals surface area (Å²) < 4.78 is 10.6. The Labute approximate surface area is 95.6 Å². The predicted molar refractivity (Wildman–Crippen MR) is 60.4 cm³/mol. The van der Waals surface area contributed by atoms with Crippen molar-refractivity contribution in [2.45, 2.75) is 51.7 Å². The Bertz CT molecular complexity index is 337. The highest BCUT2D eigenvalue weighted by Crippen LogP contribution is 2.17. The molecule has 1 aromatic heterocycles. The average molecular weight is 225 g/mol. The molecule has 5 nitrogen and oxygen atoms in total. The standard InChI is InChI=1S/C11H19N3O2/c1-11(2,3)13-10-12-9(14-16-10)7-8-5-4-6-15-8/h8H,4-7H2,1-3H3,(H,12,13,14). The second kappa shape index (κ2) is 4.41. The molecular formula is C11H19N3O2. The van der Waals surface area contributed by atoms with E-state index in [-0.39, 0.29) is 11.6 Å². The van der Waals surface area contributed by atoms with Gasteiger partial charge in [0.05, 0.1) is 6.10 Å². The molecule has 0 radical (unpaired) electrons. The zero-order chi connectivity index (χ0) is 11.6. The molecule has 1 aliphatic rings. The van der Waals surface area contributed by atoms with Crippen molar-refractivity contribution in [3.8, 4) is 0 Å². The van der Waals surface area contributed by atoms with Gasteiger partial charge in [-0.05, 0) is 33.6 Å². The van der Waals surface area contributed by atoms with Crippen molar-refractivity contribution in [1.29, 1.82) is 0 Å². The van der Waals surface area contributed by atoms with E-state index in [4.69, 9.17) is 9.26 Å². The summed E-state index contributed by atoms with van der Waals surface area (Å²) in [5, 5.41) is 7.08. The van der Waals surface area contributed by atoms with Gasteiger partial charge in [0.1, 0.15) is 0 Å². The molecule has 5 heteroatoms. The Balaban J connectivity index is 1.91. The van der Waals surface area contributed by atoms with Crippen LogP contribution >= 0.6 is 0 Å². The first-order valence-corrected chi connectivity index (χ1v) is 5.75. The number of nitrogens with one attached hydrogen (secondary N) is 1. The maximum atomic E-state index is 5.52. The van der Waals surface area contributed by atoms with E-state index < -0.39 is 0 Å². The minimum absolute atomic E-state index is 0.0618. The Morgan fingerprint density at radius 1 is 1.44 bits per heavy atom. The number of ether oxygens (including phenoxy) is 1. The minimum atomic E-state index is -0.0618.